The zero-order valence-corrected chi connectivity index (χ0v) is 15.2. The van der Waals surface area contributed by atoms with Gasteiger partial charge in [0.05, 0.1) is 4.90 Å². The number of rotatable bonds is 6. The molecule has 0 atom stereocenters. The van der Waals surface area contributed by atoms with Crippen molar-refractivity contribution in [1.29, 1.82) is 0 Å². The molecule has 0 unspecified atom stereocenters. The van der Waals surface area contributed by atoms with Crippen molar-refractivity contribution in [2.75, 3.05) is 6.54 Å². The first-order chi connectivity index (χ1) is 9.77. The monoisotopic (exact) mass is 374 g/mol. The molecule has 2 rings (SSSR count). The summed E-state index contributed by atoms with van der Waals surface area (Å²) in [5.41, 5.74) is 7.42. The predicted molar refractivity (Wildman–Crippen MR) is 88.5 cm³/mol. The van der Waals surface area contributed by atoms with Gasteiger partial charge in [-0.3, -0.25) is 0 Å². The Morgan fingerprint density at radius 3 is 2.48 bits per heavy atom. The van der Waals surface area contributed by atoms with Gasteiger partial charge in [-0.1, -0.05) is 6.07 Å². The van der Waals surface area contributed by atoms with E-state index in [0.29, 0.717) is 28.4 Å². The molecule has 118 valence electrons. The minimum absolute atomic E-state index is 0.0515. The zero-order valence-electron chi connectivity index (χ0n) is 12.8. The van der Waals surface area contributed by atoms with Gasteiger partial charge < -0.3 is 5.73 Å². The molecule has 6 heteroatoms. The number of benzene rings is 1. The number of hydrogen-bond acceptors (Lipinski definition) is 3. The largest absolute Gasteiger partial charge is 0.326 e. The van der Waals surface area contributed by atoms with E-state index < -0.39 is 10.0 Å². The summed E-state index contributed by atoms with van der Waals surface area (Å²) in [7, 11) is -3.51. The molecular weight excluding hydrogens is 352 g/mol. The lowest BCUT2D eigenvalue weighted by molar-refractivity contribution is 0.341. The number of sulfonamides is 1. The van der Waals surface area contributed by atoms with Crippen LogP contribution in [-0.4, -0.2) is 25.3 Å². The second-order valence-electron chi connectivity index (χ2n) is 6.04. The van der Waals surface area contributed by atoms with Crippen LogP contribution in [0.1, 0.15) is 37.8 Å². The maximum absolute atomic E-state index is 13.0. The van der Waals surface area contributed by atoms with E-state index >= 15 is 0 Å². The van der Waals surface area contributed by atoms with Crippen LogP contribution in [0.2, 0.25) is 0 Å². The molecular formula is C15H23BrN2O2S. The molecule has 0 spiro atoms. The Kier molecular flexibility index (Phi) is 5.13. The van der Waals surface area contributed by atoms with Gasteiger partial charge in [-0.05, 0) is 72.7 Å². The normalized spacial score (nSPS) is 16.0. The van der Waals surface area contributed by atoms with Gasteiger partial charge in [0.15, 0.2) is 0 Å². The lowest BCUT2D eigenvalue weighted by Crippen LogP contribution is -2.38. The predicted octanol–water partition coefficient (Wildman–Crippen LogP) is 3.03. The highest BCUT2D eigenvalue weighted by molar-refractivity contribution is 9.10. The highest BCUT2D eigenvalue weighted by Crippen LogP contribution is 2.35. The lowest BCUT2D eigenvalue weighted by atomic mass is 10.1. The van der Waals surface area contributed by atoms with Crippen LogP contribution in [0.25, 0.3) is 0 Å². The summed E-state index contributed by atoms with van der Waals surface area (Å²) in [6.07, 6.45) is 2.25. The van der Waals surface area contributed by atoms with E-state index in [-0.39, 0.29) is 6.04 Å². The van der Waals surface area contributed by atoms with Gasteiger partial charge in [0.1, 0.15) is 0 Å². The van der Waals surface area contributed by atoms with Crippen LogP contribution in [-0.2, 0) is 16.6 Å². The van der Waals surface area contributed by atoms with Crippen LogP contribution in [0.4, 0.5) is 0 Å². The van der Waals surface area contributed by atoms with E-state index in [9.17, 15) is 8.42 Å². The molecule has 1 fully saturated rings. The van der Waals surface area contributed by atoms with Crippen molar-refractivity contribution < 1.29 is 8.42 Å². The molecule has 0 aliphatic heterocycles. The Labute approximate surface area is 135 Å². The highest BCUT2D eigenvalue weighted by Gasteiger charge is 2.34. The van der Waals surface area contributed by atoms with Gasteiger partial charge in [-0.25, -0.2) is 8.42 Å². The summed E-state index contributed by atoms with van der Waals surface area (Å²) in [6.45, 7) is 6.68. The molecule has 1 aromatic carbocycles. The molecule has 1 aromatic rings. The maximum atomic E-state index is 13.0. The van der Waals surface area contributed by atoms with Crippen molar-refractivity contribution in [3.63, 3.8) is 0 Å². The Balaban J connectivity index is 2.48. The van der Waals surface area contributed by atoms with Crippen LogP contribution < -0.4 is 5.73 Å². The van der Waals surface area contributed by atoms with Crippen LogP contribution in [0.5, 0.6) is 0 Å². The van der Waals surface area contributed by atoms with E-state index in [2.05, 4.69) is 15.9 Å². The molecule has 0 aromatic heterocycles. The fourth-order valence-electron chi connectivity index (χ4n) is 2.38. The first-order valence-corrected chi connectivity index (χ1v) is 9.51. The molecule has 0 bridgehead atoms. The summed E-state index contributed by atoms with van der Waals surface area (Å²) in [6, 6.07) is 3.56. The third kappa shape index (κ3) is 3.67. The SMILES string of the molecule is Cc1cc(CN)cc(S(=O)(=O)N(CC2CC2)C(C)C)c1Br. The summed E-state index contributed by atoms with van der Waals surface area (Å²) >= 11 is 3.43. The van der Waals surface area contributed by atoms with E-state index in [1.54, 1.807) is 10.4 Å². The number of nitrogens with two attached hydrogens (primary N) is 1. The summed E-state index contributed by atoms with van der Waals surface area (Å²) < 4.78 is 28.3. The Bertz CT molecular complexity index is 625. The van der Waals surface area contributed by atoms with Crippen LogP contribution in [0.3, 0.4) is 0 Å². The molecule has 0 radical (unpaired) electrons. The number of halogens is 1. The highest BCUT2D eigenvalue weighted by atomic mass is 79.9. The van der Waals surface area contributed by atoms with Gasteiger partial charge in [0.25, 0.3) is 0 Å². The molecule has 0 amide bonds. The fourth-order valence-corrected chi connectivity index (χ4v) is 5.13. The number of hydrogen-bond donors (Lipinski definition) is 1. The quantitative estimate of drug-likeness (QED) is 0.831. The van der Waals surface area contributed by atoms with E-state index in [1.165, 1.54) is 0 Å². The number of aryl methyl sites for hydroxylation is 1. The van der Waals surface area contributed by atoms with E-state index in [0.717, 1.165) is 24.0 Å². The van der Waals surface area contributed by atoms with Gasteiger partial charge in [0, 0.05) is 23.6 Å². The first-order valence-electron chi connectivity index (χ1n) is 7.28. The van der Waals surface area contributed by atoms with Gasteiger partial charge in [-0.15, -0.1) is 0 Å². The molecule has 0 saturated heterocycles. The minimum Gasteiger partial charge on any atom is -0.326 e. The van der Waals surface area contributed by atoms with Gasteiger partial charge in [0.2, 0.25) is 10.0 Å². The summed E-state index contributed by atoms with van der Waals surface area (Å²) in [4.78, 5) is 0.331. The zero-order chi connectivity index (χ0) is 15.8. The van der Waals surface area contributed by atoms with E-state index in [4.69, 9.17) is 5.73 Å². The van der Waals surface area contributed by atoms with Crippen molar-refractivity contribution in [3.05, 3.63) is 27.7 Å². The Hall–Kier alpha value is -0.430. The Morgan fingerprint density at radius 1 is 1.38 bits per heavy atom. The topological polar surface area (TPSA) is 63.4 Å². The van der Waals surface area contributed by atoms with Crippen molar-refractivity contribution in [1.82, 2.24) is 4.31 Å². The fraction of sp³-hybridized carbons (Fsp3) is 0.600. The maximum Gasteiger partial charge on any atom is 0.244 e. The van der Waals surface area contributed by atoms with Gasteiger partial charge >= 0.3 is 0 Å². The first kappa shape index (κ1) is 16.9. The second kappa shape index (κ2) is 6.36. The minimum atomic E-state index is -3.51. The second-order valence-corrected chi connectivity index (χ2v) is 8.69. The van der Waals surface area contributed by atoms with Crippen LogP contribution in [0, 0.1) is 12.8 Å². The molecule has 0 heterocycles. The van der Waals surface area contributed by atoms with E-state index in [1.807, 2.05) is 26.8 Å². The molecule has 2 N–H and O–H groups in total. The summed E-state index contributed by atoms with van der Waals surface area (Å²) in [5, 5.41) is 0. The standard InChI is InChI=1S/C15H23BrN2O2S/c1-10(2)18(9-12-4-5-12)21(19,20)14-7-13(8-17)6-11(3)15(14)16/h6-7,10,12H,4-5,8-9,17H2,1-3H3. The molecule has 1 saturated carbocycles. The average molecular weight is 375 g/mol. The van der Waals surface area contributed by atoms with Crippen LogP contribution >= 0.6 is 15.9 Å². The van der Waals surface area contributed by atoms with Crippen molar-refractivity contribution >= 4 is 26.0 Å². The number of nitrogens with zero attached hydrogens (tertiary/aromatic N) is 1. The molecule has 4 nitrogen and oxygen atoms in total. The lowest BCUT2D eigenvalue weighted by Gasteiger charge is -2.27. The third-order valence-electron chi connectivity index (χ3n) is 3.81. The van der Waals surface area contributed by atoms with Gasteiger partial charge in [-0.2, -0.15) is 4.31 Å². The van der Waals surface area contributed by atoms with Crippen molar-refractivity contribution in [3.8, 4) is 0 Å². The Morgan fingerprint density at radius 2 is 2.00 bits per heavy atom. The molecule has 1 aliphatic rings. The van der Waals surface area contributed by atoms with Crippen molar-refractivity contribution in [2.24, 2.45) is 11.7 Å². The smallest absolute Gasteiger partial charge is 0.244 e. The molecule has 21 heavy (non-hydrogen) atoms. The average Bonchev–Trinajstić information content (AvgIpc) is 3.22. The van der Waals surface area contributed by atoms with Crippen LogP contribution in [0.15, 0.2) is 21.5 Å². The molecule has 1 aliphatic carbocycles. The van der Waals surface area contributed by atoms with Crippen molar-refractivity contribution in [2.45, 2.75) is 51.1 Å². The third-order valence-corrected chi connectivity index (χ3v) is 7.20. The summed E-state index contributed by atoms with van der Waals surface area (Å²) in [5.74, 6) is 0.514.